The van der Waals surface area contributed by atoms with Crippen molar-refractivity contribution < 1.29 is 0 Å². The Hall–Kier alpha value is -0.770. The smallest absolute Gasteiger partial charge is 0.0655 e. The van der Waals surface area contributed by atoms with Gasteiger partial charge in [-0.3, -0.25) is 0 Å². The lowest BCUT2D eigenvalue weighted by Gasteiger charge is -2.31. The third kappa shape index (κ3) is 8.44. The Morgan fingerprint density at radius 1 is 0.720 bits per heavy atom. The van der Waals surface area contributed by atoms with E-state index in [9.17, 15) is 0 Å². The molecule has 2 aliphatic rings. The van der Waals surface area contributed by atoms with Crippen molar-refractivity contribution in [1.29, 1.82) is 5.26 Å². The van der Waals surface area contributed by atoms with Crippen molar-refractivity contribution in [2.24, 2.45) is 23.7 Å². The van der Waals surface area contributed by atoms with Gasteiger partial charge in [0.1, 0.15) is 0 Å². The molecule has 0 aliphatic heterocycles. The molecule has 0 aromatic rings. The second-order valence-electron chi connectivity index (χ2n) is 8.86. The van der Waals surface area contributed by atoms with Crippen molar-refractivity contribution in [2.75, 3.05) is 0 Å². The third-order valence-electron chi connectivity index (χ3n) is 6.85. The zero-order valence-electron chi connectivity index (χ0n) is 16.7. The van der Waals surface area contributed by atoms with Gasteiger partial charge in [-0.25, -0.2) is 0 Å². The number of hydrogen-bond donors (Lipinski definition) is 0. The molecule has 2 fully saturated rings. The Balaban J connectivity index is 1.48. The van der Waals surface area contributed by atoms with Crippen LogP contribution in [0.5, 0.6) is 0 Å². The summed E-state index contributed by atoms with van der Waals surface area (Å²) in [7, 11) is 0. The minimum absolute atomic E-state index is 0.369. The largest absolute Gasteiger partial charge is 0.198 e. The highest BCUT2D eigenvalue weighted by atomic mass is 14.3. The van der Waals surface area contributed by atoms with Gasteiger partial charge >= 0.3 is 0 Å². The third-order valence-corrected chi connectivity index (χ3v) is 6.85. The van der Waals surface area contributed by atoms with Crippen molar-refractivity contribution >= 4 is 0 Å². The molecule has 1 heteroatoms. The van der Waals surface area contributed by atoms with Crippen molar-refractivity contribution in [3.8, 4) is 6.07 Å². The van der Waals surface area contributed by atoms with Gasteiger partial charge in [0.05, 0.1) is 6.07 Å². The highest BCUT2D eigenvalue weighted by Crippen LogP contribution is 2.37. The fraction of sp³-hybridized carbons (Fsp3) is 0.875. The molecule has 0 aromatic carbocycles. The summed E-state index contributed by atoms with van der Waals surface area (Å²) >= 11 is 0. The number of rotatable bonds is 10. The molecular weight excluding hydrogens is 302 g/mol. The summed E-state index contributed by atoms with van der Waals surface area (Å²) in [4.78, 5) is 0. The highest BCUT2D eigenvalue weighted by molar-refractivity contribution is 4.87. The van der Waals surface area contributed by atoms with E-state index in [1.54, 1.807) is 0 Å². The standard InChI is InChI=1S/C24H41N/c1-2-3-4-5-6-7-8-9-21-10-12-22(13-11-21)14-15-23-16-18-24(20-25)19-17-23/h5-6,21-24H,2-4,7-19H2,1H3/b6-5-/t21-,22-,23?,24?. The van der Waals surface area contributed by atoms with Crippen LogP contribution in [-0.2, 0) is 0 Å². The number of allylic oxidation sites excluding steroid dienone is 2. The summed E-state index contributed by atoms with van der Waals surface area (Å²) < 4.78 is 0. The first-order valence-corrected chi connectivity index (χ1v) is 11.4. The van der Waals surface area contributed by atoms with Crippen molar-refractivity contribution in [2.45, 2.75) is 110 Å². The van der Waals surface area contributed by atoms with Gasteiger partial charge in [0.15, 0.2) is 0 Å². The Morgan fingerprint density at radius 3 is 1.72 bits per heavy atom. The highest BCUT2D eigenvalue weighted by Gasteiger charge is 2.24. The van der Waals surface area contributed by atoms with Crippen molar-refractivity contribution in [3.05, 3.63) is 12.2 Å². The second kappa shape index (κ2) is 12.6. The summed E-state index contributed by atoms with van der Waals surface area (Å²) in [5.74, 6) is 3.33. The van der Waals surface area contributed by atoms with Gasteiger partial charge in [0.2, 0.25) is 0 Å². The van der Waals surface area contributed by atoms with Crippen LogP contribution >= 0.6 is 0 Å². The Labute approximate surface area is 157 Å². The Kier molecular flexibility index (Phi) is 10.3. The molecule has 1 nitrogen and oxygen atoms in total. The maximum Gasteiger partial charge on any atom is 0.0655 e. The summed E-state index contributed by atoms with van der Waals surface area (Å²) in [5, 5.41) is 9.01. The monoisotopic (exact) mass is 343 g/mol. The fourth-order valence-electron chi connectivity index (χ4n) is 4.94. The average Bonchev–Trinajstić information content (AvgIpc) is 2.67. The maximum absolute atomic E-state index is 9.01. The van der Waals surface area contributed by atoms with Crippen LogP contribution in [-0.4, -0.2) is 0 Å². The van der Waals surface area contributed by atoms with Crippen molar-refractivity contribution in [3.63, 3.8) is 0 Å². The lowest BCUT2D eigenvalue weighted by atomic mass is 9.75. The molecule has 0 bridgehead atoms. The molecule has 0 aromatic heterocycles. The number of unbranched alkanes of at least 4 members (excludes halogenated alkanes) is 3. The van der Waals surface area contributed by atoms with Crippen LogP contribution in [0.1, 0.15) is 110 Å². The maximum atomic E-state index is 9.01. The number of nitrogens with zero attached hydrogens (tertiary/aromatic N) is 1. The van der Waals surface area contributed by atoms with Gasteiger partial charge in [-0.2, -0.15) is 5.26 Å². The molecule has 2 rings (SSSR count). The molecule has 0 atom stereocenters. The van der Waals surface area contributed by atoms with Crippen LogP contribution in [0.2, 0.25) is 0 Å². The molecule has 0 heterocycles. The topological polar surface area (TPSA) is 23.8 Å². The van der Waals surface area contributed by atoms with E-state index in [4.69, 9.17) is 5.26 Å². The predicted octanol–water partition coefficient (Wildman–Crippen LogP) is 7.82. The molecular formula is C24H41N. The first kappa shape index (κ1) is 20.5. The van der Waals surface area contributed by atoms with Gasteiger partial charge < -0.3 is 0 Å². The number of hydrogen-bond acceptors (Lipinski definition) is 1. The van der Waals surface area contributed by atoms with E-state index < -0.39 is 0 Å². The van der Waals surface area contributed by atoms with Gasteiger partial charge in [-0.05, 0) is 62.7 Å². The van der Waals surface area contributed by atoms with E-state index in [1.165, 1.54) is 103 Å². The quantitative estimate of drug-likeness (QED) is 0.293. The minimum atomic E-state index is 0.369. The van der Waals surface area contributed by atoms with Crippen LogP contribution in [0, 0.1) is 35.0 Å². The van der Waals surface area contributed by atoms with E-state index in [0.717, 1.165) is 17.8 Å². The lowest BCUT2D eigenvalue weighted by molar-refractivity contribution is 0.221. The molecule has 0 unspecified atom stereocenters. The second-order valence-corrected chi connectivity index (χ2v) is 8.86. The van der Waals surface area contributed by atoms with Crippen LogP contribution < -0.4 is 0 Å². The molecule has 0 amide bonds. The van der Waals surface area contributed by atoms with Gasteiger partial charge in [0.25, 0.3) is 0 Å². The molecule has 0 radical (unpaired) electrons. The van der Waals surface area contributed by atoms with Crippen molar-refractivity contribution in [1.82, 2.24) is 0 Å². The van der Waals surface area contributed by atoms with E-state index in [-0.39, 0.29) is 0 Å². The normalized spacial score (nSPS) is 30.4. The predicted molar refractivity (Wildman–Crippen MR) is 108 cm³/mol. The lowest BCUT2D eigenvalue weighted by Crippen LogP contribution is -2.17. The summed E-state index contributed by atoms with van der Waals surface area (Å²) in [6.45, 7) is 2.27. The SMILES string of the molecule is CCCC/C=C\CCC[C@H]1CC[C@H](CCC2CCC(C#N)CC2)CC1. The Morgan fingerprint density at radius 2 is 1.20 bits per heavy atom. The summed E-state index contributed by atoms with van der Waals surface area (Å²) in [5.41, 5.74) is 0. The molecule has 2 saturated carbocycles. The molecule has 142 valence electrons. The van der Waals surface area contributed by atoms with E-state index in [0.29, 0.717) is 5.92 Å². The molecule has 25 heavy (non-hydrogen) atoms. The average molecular weight is 344 g/mol. The summed E-state index contributed by atoms with van der Waals surface area (Å²) in [6.07, 6.45) is 26.8. The van der Waals surface area contributed by atoms with Gasteiger partial charge in [0, 0.05) is 5.92 Å². The van der Waals surface area contributed by atoms with Crippen LogP contribution in [0.3, 0.4) is 0 Å². The van der Waals surface area contributed by atoms with Crippen LogP contribution in [0.15, 0.2) is 12.2 Å². The van der Waals surface area contributed by atoms with E-state index in [2.05, 4.69) is 25.1 Å². The molecule has 0 spiro atoms. The van der Waals surface area contributed by atoms with Crippen LogP contribution in [0.4, 0.5) is 0 Å². The zero-order valence-corrected chi connectivity index (χ0v) is 16.7. The molecule has 2 aliphatic carbocycles. The fourth-order valence-corrected chi connectivity index (χ4v) is 4.94. The molecule has 0 saturated heterocycles. The van der Waals surface area contributed by atoms with E-state index >= 15 is 0 Å². The summed E-state index contributed by atoms with van der Waals surface area (Å²) in [6, 6.07) is 2.46. The first-order chi connectivity index (χ1) is 12.3. The van der Waals surface area contributed by atoms with E-state index in [1.807, 2.05) is 0 Å². The van der Waals surface area contributed by atoms with Gasteiger partial charge in [-0.15, -0.1) is 0 Å². The zero-order chi connectivity index (χ0) is 17.7. The Bertz CT molecular complexity index is 389. The minimum Gasteiger partial charge on any atom is -0.198 e. The first-order valence-electron chi connectivity index (χ1n) is 11.4. The number of nitriles is 1. The van der Waals surface area contributed by atoms with Gasteiger partial charge in [-0.1, -0.05) is 76.9 Å². The van der Waals surface area contributed by atoms with Crippen LogP contribution in [0.25, 0.3) is 0 Å². The molecule has 0 N–H and O–H groups in total.